The van der Waals surface area contributed by atoms with Crippen molar-refractivity contribution in [2.24, 2.45) is 11.8 Å². The molecule has 2 saturated carbocycles. The van der Waals surface area contributed by atoms with E-state index in [1.165, 1.54) is 10.7 Å². The molecule has 2 unspecified atom stereocenters. The number of nitrogens with zero attached hydrogens (tertiary/aromatic N) is 2. The number of hydrogen-bond acceptors (Lipinski definition) is 5. The van der Waals surface area contributed by atoms with Gasteiger partial charge in [-0.2, -0.15) is 4.31 Å². The van der Waals surface area contributed by atoms with Gasteiger partial charge in [-0.3, -0.25) is 4.79 Å². The Morgan fingerprint density at radius 3 is 2.33 bits per heavy atom. The quantitative estimate of drug-likeness (QED) is 0.580. The molecule has 178 valence electrons. The monoisotopic (exact) mass is 472 g/mol. The number of sulfonamides is 1. The smallest absolute Gasteiger partial charge is 0.243 e. The number of piperidine rings is 1. The number of rotatable bonds is 8. The zero-order valence-electron chi connectivity index (χ0n) is 19.3. The van der Waals surface area contributed by atoms with Crippen molar-refractivity contribution in [3.05, 3.63) is 47.9 Å². The highest BCUT2D eigenvalue weighted by Gasteiger charge is 2.40. The third-order valence-electron chi connectivity index (χ3n) is 7.25. The van der Waals surface area contributed by atoms with Gasteiger partial charge in [0.05, 0.1) is 18.6 Å². The summed E-state index contributed by atoms with van der Waals surface area (Å²) >= 11 is 0. The molecule has 7 nitrogen and oxygen atoms in total. The van der Waals surface area contributed by atoms with Crippen LogP contribution in [0.2, 0.25) is 0 Å². The Hall–Kier alpha value is -2.32. The van der Waals surface area contributed by atoms with Crippen LogP contribution in [0.5, 0.6) is 5.75 Å². The van der Waals surface area contributed by atoms with Crippen LogP contribution in [0.1, 0.15) is 56.5 Å². The topological polar surface area (TPSA) is 80.1 Å². The Labute approximate surface area is 195 Å². The van der Waals surface area contributed by atoms with Gasteiger partial charge in [0, 0.05) is 31.0 Å². The first kappa shape index (κ1) is 22.5. The summed E-state index contributed by atoms with van der Waals surface area (Å²) in [5, 5.41) is 0. The fraction of sp³-hybridized carbons (Fsp3) is 0.560. The van der Waals surface area contributed by atoms with Gasteiger partial charge in [-0.25, -0.2) is 8.42 Å². The molecule has 3 aliphatic rings. The minimum absolute atomic E-state index is 0.136. The van der Waals surface area contributed by atoms with E-state index in [4.69, 9.17) is 9.15 Å². The predicted octanol–water partition coefficient (Wildman–Crippen LogP) is 4.00. The molecule has 0 bridgehead atoms. The van der Waals surface area contributed by atoms with E-state index in [1.54, 1.807) is 31.4 Å². The lowest BCUT2D eigenvalue weighted by molar-refractivity contribution is -0.138. The van der Waals surface area contributed by atoms with Gasteiger partial charge >= 0.3 is 0 Å². The summed E-state index contributed by atoms with van der Waals surface area (Å²) < 4.78 is 38.7. The molecule has 0 N–H and O–H groups in total. The first-order valence-corrected chi connectivity index (χ1v) is 13.3. The van der Waals surface area contributed by atoms with Crippen molar-refractivity contribution in [2.45, 2.75) is 62.4 Å². The molecule has 5 rings (SSSR count). The van der Waals surface area contributed by atoms with E-state index in [-0.39, 0.29) is 22.8 Å². The fourth-order valence-corrected chi connectivity index (χ4v) is 6.28. The van der Waals surface area contributed by atoms with Crippen molar-refractivity contribution >= 4 is 15.9 Å². The van der Waals surface area contributed by atoms with Gasteiger partial charge in [-0.1, -0.05) is 6.92 Å². The Bertz CT molecular complexity index is 1100. The first-order valence-electron chi connectivity index (χ1n) is 11.9. The van der Waals surface area contributed by atoms with Crippen LogP contribution in [0.25, 0.3) is 0 Å². The fourth-order valence-electron chi connectivity index (χ4n) is 4.81. The lowest BCUT2D eigenvalue weighted by Crippen LogP contribution is -2.44. The number of carbonyl (C=O) groups is 1. The van der Waals surface area contributed by atoms with Gasteiger partial charge in [-0.05, 0) is 74.4 Å². The molecule has 2 aliphatic carbocycles. The van der Waals surface area contributed by atoms with Crippen LogP contribution in [0.4, 0.5) is 0 Å². The lowest BCUT2D eigenvalue weighted by Gasteiger charge is -2.33. The third-order valence-corrected chi connectivity index (χ3v) is 9.17. The van der Waals surface area contributed by atoms with Crippen LogP contribution in [-0.2, 0) is 21.4 Å². The molecule has 1 aromatic heterocycles. The second-order valence-electron chi connectivity index (χ2n) is 9.67. The molecule has 2 atom stereocenters. The second-order valence-corrected chi connectivity index (χ2v) is 11.6. The number of furan rings is 1. The summed E-state index contributed by atoms with van der Waals surface area (Å²) in [5.41, 5.74) is 0. The van der Waals surface area contributed by atoms with Crippen LogP contribution >= 0.6 is 0 Å². The van der Waals surface area contributed by atoms with E-state index in [0.29, 0.717) is 50.1 Å². The molecular formula is C25H32N2O5S. The highest BCUT2D eigenvalue weighted by Crippen LogP contribution is 2.47. The van der Waals surface area contributed by atoms with Crippen molar-refractivity contribution in [3.63, 3.8) is 0 Å². The summed E-state index contributed by atoms with van der Waals surface area (Å²) in [7, 11) is -2.02. The molecule has 33 heavy (non-hydrogen) atoms. The Kier molecular flexibility index (Phi) is 5.99. The maximum Gasteiger partial charge on any atom is 0.243 e. The van der Waals surface area contributed by atoms with Crippen LogP contribution in [0, 0.1) is 11.8 Å². The molecule has 0 radical (unpaired) electrons. The zero-order chi connectivity index (χ0) is 23.2. The Morgan fingerprint density at radius 1 is 1.09 bits per heavy atom. The Morgan fingerprint density at radius 2 is 1.76 bits per heavy atom. The lowest BCUT2D eigenvalue weighted by atomic mass is 9.96. The molecule has 0 spiro atoms. The largest absolute Gasteiger partial charge is 0.497 e. The number of carbonyl (C=O) groups excluding carboxylic acids is 1. The van der Waals surface area contributed by atoms with Gasteiger partial charge in [0.2, 0.25) is 15.9 Å². The molecule has 2 heterocycles. The highest BCUT2D eigenvalue weighted by molar-refractivity contribution is 7.89. The Balaban J connectivity index is 1.21. The third kappa shape index (κ3) is 4.68. The molecule has 8 heteroatoms. The highest BCUT2D eigenvalue weighted by atomic mass is 32.2. The molecule has 1 aromatic carbocycles. The van der Waals surface area contributed by atoms with Crippen molar-refractivity contribution in [1.29, 1.82) is 0 Å². The molecule has 1 amide bonds. The van der Waals surface area contributed by atoms with Gasteiger partial charge < -0.3 is 14.1 Å². The normalized spacial score (nSPS) is 23.9. The number of amides is 1. The SMILES string of the molecule is COc1ccc(S(=O)(=O)N2CCC(C(=O)N(Cc3ccc(C4CC4C)o3)C3CC3)CC2)cc1. The van der Waals surface area contributed by atoms with E-state index in [2.05, 4.69) is 13.0 Å². The minimum Gasteiger partial charge on any atom is -0.497 e. The summed E-state index contributed by atoms with van der Waals surface area (Å²) in [6.45, 7) is 3.45. The predicted molar refractivity (Wildman–Crippen MR) is 123 cm³/mol. The first-order chi connectivity index (χ1) is 15.9. The average molecular weight is 473 g/mol. The summed E-state index contributed by atoms with van der Waals surface area (Å²) in [6, 6.07) is 10.8. The van der Waals surface area contributed by atoms with Crippen LogP contribution < -0.4 is 4.74 Å². The van der Waals surface area contributed by atoms with Crippen LogP contribution in [-0.4, -0.2) is 49.8 Å². The minimum atomic E-state index is -3.58. The van der Waals surface area contributed by atoms with Gasteiger partial charge in [0.1, 0.15) is 17.3 Å². The zero-order valence-corrected chi connectivity index (χ0v) is 20.1. The van der Waals surface area contributed by atoms with Crippen molar-refractivity contribution in [3.8, 4) is 5.75 Å². The molecule has 1 aliphatic heterocycles. The van der Waals surface area contributed by atoms with E-state index < -0.39 is 10.0 Å². The summed E-state index contributed by atoms with van der Waals surface area (Å²) in [4.78, 5) is 15.6. The van der Waals surface area contributed by atoms with Gasteiger partial charge in [0.25, 0.3) is 0 Å². The van der Waals surface area contributed by atoms with E-state index in [0.717, 1.165) is 24.4 Å². The summed E-state index contributed by atoms with van der Waals surface area (Å²) in [6.07, 6.45) is 4.32. The number of benzene rings is 1. The maximum atomic E-state index is 13.4. The average Bonchev–Trinajstić information content (AvgIpc) is 3.76. The van der Waals surface area contributed by atoms with E-state index in [9.17, 15) is 13.2 Å². The number of methoxy groups -OCH3 is 1. The van der Waals surface area contributed by atoms with E-state index in [1.807, 2.05) is 11.0 Å². The molecule has 1 saturated heterocycles. The van der Waals surface area contributed by atoms with E-state index >= 15 is 0 Å². The number of ether oxygens (including phenoxy) is 1. The van der Waals surface area contributed by atoms with Crippen molar-refractivity contribution in [1.82, 2.24) is 9.21 Å². The molecular weight excluding hydrogens is 440 g/mol. The van der Waals surface area contributed by atoms with Gasteiger partial charge in [-0.15, -0.1) is 0 Å². The molecule has 2 aromatic rings. The van der Waals surface area contributed by atoms with Crippen LogP contribution in [0.15, 0.2) is 45.7 Å². The maximum absolute atomic E-state index is 13.4. The summed E-state index contributed by atoms with van der Waals surface area (Å²) in [5.74, 6) is 3.71. The van der Waals surface area contributed by atoms with Crippen molar-refractivity contribution in [2.75, 3.05) is 20.2 Å². The number of hydrogen-bond donors (Lipinski definition) is 0. The van der Waals surface area contributed by atoms with Crippen LogP contribution in [0.3, 0.4) is 0 Å². The van der Waals surface area contributed by atoms with Crippen molar-refractivity contribution < 1.29 is 22.4 Å². The van der Waals surface area contributed by atoms with Gasteiger partial charge in [0.15, 0.2) is 0 Å². The second kappa shape index (κ2) is 8.80. The standard InChI is InChI=1S/C25H32N2O5S/c1-17-15-23(17)24-10-7-21(32-24)16-27(19-3-4-19)25(28)18-11-13-26(14-12-18)33(29,30)22-8-5-20(31-2)6-9-22/h5-10,17-19,23H,3-4,11-16H2,1-2H3. The molecule has 3 fully saturated rings.